The van der Waals surface area contributed by atoms with Gasteiger partial charge in [0.05, 0.1) is 5.56 Å². The Morgan fingerprint density at radius 2 is 1.35 bits per heavy atom. The summed E-state index contributed by atoms with van der Waals surface area (Å²) < 4.78 is 0. The minimum Gasteiger partial charge on any atom is -0.507 e. The molecular formula is C17H28O3. The highest BCUT2D eigenvalue weighted by Gasteiger charge is 2.17. The van der Waals surface area contributed by atoms with Crippen LogP contribution in [0.4, 0.5) is 0 Å². The SMILES string of the molecule is CCCCCc1ccc(CCCCC)c(C(O)O)c1O. The zero-order valence-electron chi connectivity index (χ0n) is 12.7. The number of aromatic hydroxyl groups is 1. The molecule has 20 heavy (non-hydrogen) atoms. The molecule has 1 aromatic rings. The van der Waals surface area contributed by atoms with Crippen molar-refractivity contribution >= 4 is 0 Å². The molecule has 1 rings (SSSR count). The number of aliphatic hydroxyl groups is 2. The molecule has 0 saturated carbocycles. The number of aryl methyl sites for hydroxylation is 2. The highest BCUT2D eigenvalue weighted by Crippen LogP contribution is 2.32. The van der Waals surface area contributed by atoms with Crippen molar-refractivity contribution in [2.45, 2.75) is 71.5 Å². The fraction of sp³-hybridized carbons (Fsp3) is 0.647. The molecule has 3 nitrogen and oxygen atoms in total. The van der Waals surface area contributed by atoms with Gasteiger partial charge in [0.25, 0.3) is 0 Å². The van der Waals surface area contributed by atoms with Gasteiger partial charge in [-0.15, -0.1) is 0 Å². The topological polar surface area (TPSA) is 60.7 Å². The Kier molecular flexibility index (Phi) is 7.63. The van der Waals surface area contributed by atoms with Crippen LogP contribution in [-0.2, 0) is 12.8 Å². The van der Waals surface area contributed by atoms with Crippen LogP contribution in [0.15, 0.2) is 12.1 Å². The Morgan fingerprint density at radius 3 is 1.85 bits per heavy atom. The number of phenolic OH excluding ortho intramolecular Hbond substituents is 1. The summed E-state index contributed by atoms with van der Waals surface area (Å²) in [5.74, 6) is 0.0742. The maximum atomic E-state index is 10.3. The summed E-state index contributed by atoms with van der Waals surface area (Å²) in [4.78, 5) is 0. The van der Waals surface area contributed by atoms with E-state index in [4.69, 9.17) is 0 Å². The van der Waals surface area contributed by atoms with Crippen molar-refractivity contribution in [1.29, 1.82) is 0 Å². The monoisotopic (exact) mass is 280 g/mol. The first-order chi connectivity index (χ1) is 9.61. The standard InChI is InChI=1S/C17H28O3/c1-3-5-7-9-13-11-12-14(10-8-6-4-2)16(18)15(13)17(19)20/h11-12,17-20H,3-10H2,1-2H3. The second kappa shape index (κ2) is 8.98. The minimum absolute atomic E-state index is 0.0742. The van der Waals surface area contributed by atoms with Crippen molar-refractivity contribution in [3.63, 3.8) is 0 Å². The van der Waals surface area contributed by atoms with Crippen LogP contribution in [0.1, 0.15) is 75.4 Å². The molecule has 0 radical (unpaired) electrons. The van der Waals surface area contributed by atoms with Crippen molar-refractivity contribution in [1.82, 2.24) is 0 Å². The minimum atomic E-state index is -1.60. The molecule has 0 aliphatic carbocycles. The lowest BCUT2D eigenvalue weighted by Gasteiger charge is -2.16. The molecule has 3 N–H and O–H groups in total. The van der Waals surface area contributed by atoms with E-state index in [0.29, 0.717) is 5.56 Å². The van der Waals surface area contributed by atoms with Crippen LogP contribution in [0.25, 0.3) is 0 Å². The average Bonchev–Trinajstić information content (AvgIpc) is 2.41. The Morgan fingerprint density at radius 1 is 0.850 bits per heavy atom. The quantitative estimate of drug-likeness (QED) is 0.476. The molecule has 0 bridgehead atoms. The van der Waals surface area contributed by atoms with E-state index in [1.165, 1.54) is 0 Å². The van der Waals surface area contributed by atoms with Crippen LogP contribution in [0, 0.1) is 0 Å². The molecule has 0 amide bonds. The molecular weight excluding hydrogens is 252 g/mol. The number of hydrogen-bond donors (Lipinski definition) is 3. The van der Waals surface area contributed by atoms with E-state index in [2.05, 4.69) is 13.8 Å². The Labute approximate surface area is 122 Å². The summed E-state index contributed by atoms with van der Waals surface area (Å²) in [6.45, 7) is 4.27. The summed E-state index contributed by atoms with van der Waals surface area (Å²) in [5, 5.41) is 29.3. The van der Waals surface area contributed by atoms with E-state index < -0.39 is 6.29 Å². The number of benzene rings is 1. The van der Waals surface area contributed by atoms with E-state index in [-0.39, 0.29) is 5.75 Å². The first-order valence-electron chi connectivity index (χ1n) is 7.81. The van der Waals surface area contributed by atoms with Crippen LogP contribution >= 0.6 is 0 Å². The van der Waals surface area contributed by atoms with Crippen molar-refractivity contribution < 1.29 is 15.3 Å². The van der Waals surface area contributed by atoms with Gasteiger partial charge >= 0.3 is 0 Å². The highest BCUT2D eigenvalue weighted by atomic mass is 16.5. The number of aliphatic hydroxyl groups excluding tert-OH is 1. The zero-order valence-corrected chi connectivity index (χ0v) is 12.7. The molecule has 0 heterocycles. The molecule has 0 fully saturated rings. The van der Waals surface area contributed by atoms with Crippen molar-refractivity contribution in [3.05, 3.63) is 28.8 Å². The second-order valence-corrected chi connectivity index (χ2v) is 5.43. The van der Waals surface area contributed by atoms with E-state index in [9.17, 15) is 15.3 Å². The first-order valence-corrected chi connectivity index (χ1v) is 7.81. The Bertz CT molecular complexity index is 399. The molecule has 114 valence electrons. The summed E-state index contributed by atoms with van der Waals surface area (Å²) in [5.41, 5.74) is 1.97. The van der Waals surface area contributed by atoms with E-state index in [0.717, 1.165) is 62.5 Å². The number of rotatable bonds is 9. The summed E-state index contributed by atoms with van der Waals surface area (Å²) in [7, 11) is 0. The van der Waals surface area contributed by atoms with Crippen LogP contribution in [0.3, 0.4) is 0 Å². The summed E-state index contributed by atoms with van der Waals surface area (Å²) in [6.07, 6.45) is 6.47. The lowest BCUT2D eigenvalue weighted by atomic mass is 9.95. The maximum absolute atomic E-state index is 10.3. The van der Waals surface area contributed by atoms with Gasteiger partial charge in [0.2, 0.25) is 0 Å². The van der Waals surface area contributed by atoms with Crippen LogP contribution in [0.2, 0.25) is 0 Å². The Hall–Kier alpha value is -1.06. The maximum Gasteiger partial charge on any atom is 0.182 e. The molecule has 0 spiro atoms. The van der Waals surface area contributed by atoms with Crippen LogP contribution in [-0.4, -0.2) is 15.3 Å². The van der Waals surface area contributed by atoms with Gasteiger partial charge in [0.15, 0.2) is 6.29 Å². The summed E-state index contributed by atoms with van der Waals surface area (Å²) in [6, 6.07) is 3.86. The molecule has 0 aliphatic heterocycles. The first kappa shape index (κ1) is 17.0. The van der Waals surface area contributed by atoms with Gasteiger partial charge in [-0.05, 0) is 36.8 Å². The number of unbranched alkanes of at least 4 members (excludes halogenated alkanes) is 4. The lowest BCUT2D eigenvalue weighted by Crippen LogP contribution is -2.04. The van der Waals surface area contributed by atoms with Crippen molar-refractivity contribution in [2.75, 3.05) is 0 Å². The third kappa shape index (κ3) is 4.80. The molecule has 0 atom stereocenters. The number of hydrogen-bond acceptors (Lipinski definition) is 3. The van der Waals surface area contributed by atoms with Crippen molar-refractivity contribution in [2.24, 2.45) is 0 Å². The van der Waals surface area contributed by atoms with Crippen LogP contribution < -0.4 is 0 Å². The van der Waals surface area contributed by atoms with Gasteiger partial charge in [-0.2, -0.15) is 0 Å². The van der Waals surface area contributed by atoms with Crippen LogP contribution in [0.5, 0.6) is 5.75 Å². The molecule has 0 aliphatic rings. The predicted octanol–water partition coefficient (Wildman–Crippen LogP) is 3.84. The van der Waals surface area contributed by atoms with E-state index in [1.54, 1.807) is 0 Å². The summed E-state index contributed by atoms with van der Waals surface area (Å²) >= 11 is 0. The van der Waals surface area contributed by atoms with Gasteiger partial charge in [-0.25, -0.2) is 0 Å². The lowest BCUT2D eigenvalue weighted by molar-refractivity contribution is -0.0446. The van der Waals surface area contributed by atoms with Gasteiger partial charge in [0, 0.05) is 0 Å². The molecule has 1 aromatic carbocycles. The molecule has 3 heteroatoms. The van der Waals surface area contributed by atoms with Crippen molar-refractivity contribution in [3.8, 4) is 5.75 Å². The molecule has 0 unspecified atom stereocenters. The second-order valence-electron chi connectivity index (χ2n) is 5.43. The number of phenols is 1. The molecule has 0 saturated heterocycles. The van der Waals surface area contributed by atoms with Gasteiger partial charge in [-0.1, -0.05) is 51.7 Å². The Balaban J connectivity index is 2.88. The van der Waals surface area contributed by atoms with Gasteiger partial charge in [-0.3, -0.25) is 0 Å². The fourth-order valence-electron chi connectivity index (χ4n) is 2.53. The smallest absolute Gasteiger partial charge is 0.182 e. The molecule has 0 aromatic heterocycles. The third-order valence-corrected chi connectivity index (χ3v) is 3.75. The van der Waals surface area contributed by atoms with Gasteiger partial charge in [0.1, 0.15) is 5.75 Å². The van der Waals surface area contributed by atoms with E-state index >= 15 is 0 Å². The average molecular weight is 280 g/mol. The normalized spacial score (nSPS) is 11.2. The highest BCUT2D eigenvalue weighted by molar-refractivity contribution is 5.46. The van der Waals surface area contributed by atoms with Gasteiger partial charge < -0.3 is 15.3 Å². The predicted molar refractivity (Wildman–Crippen MR) is 81.7 cm³/mol. The van der Waals surface area contributed by atoms with E-state index in [1.807, 2.05) is 12.1 Å². The zero-order chi connectivity index (χ0) is 15.0. The fourth-order valence-corrected chi connectivity index (χ4v) is 2.53. The third-order valence-electron chi connectivity index (χ3n) is 3.75. The largest absolute Gasteiger partial charge is 0.507 e.